The van der Waals surface area contributed by atoms with E-state index in [4.69, 9.17) is 0 Å². The van der Waals surface area contributed by atoms with E-state index >= 15 is 0 Å². The summed E-state index contributed by atoms with van der Waals surface area (Å²) in [5, 5.41) is 11.6. The molecule has 0 bridgehead atoms. The fourth-order valence-corrected chi connectivity index (χ4v) is 4.70. The standard InChI is InChI=1S/C16H20N4OS2/c1-11(15(21)19-8-2-3-9-19)23-16-18-17-14(13-5-4-10-22-13)20(16)12-6-7-12/h4-5,10-12H,2-3,6-9H2,1H3/t11-/m0/s1. The first-order valence-corrected chi connectivity index (χ1v) is 9.94. The third-order valence-corrected chi connectivity index (χ3v) is 6.28. The van der Waals surface area contributed by atoms with Gasteiger partial charge in [0.2, 0.25) is 5.91 Å². The Bertz CT molecular complexity index is 687. The average Bonchev–Trinajstić information content (AvgIpc) is 3.04. The number of hydrogen-bond acceptors (Lipinski definition) is 5. The van der Waals surface area contributed by atoms with Crippen molar-refractivity contribution in [3.63, 3.8) is 0 Å². The van der Waals surface area contributed by atoms with Crippen molar-refractivity contribution < 1.29 is 4.79 Å². The molecule has 4 rings (SSSR count). The molecule has 7 heteroatoms. The predicted octanol–water partition coefficient (Wildman–Crippen LogP) is 3.44. The van der Waals surface area contributed by atoms with Crippen molar-refractivity contribution in [3.05, 3.63) is 17.5 Å². The van der Waals surface area contributed by atoms with Crippen LogP contribution in [0.15, 0.2) is 22.7 Å². The molecule has 2 aromatic heterocycles. The van der Waals surface area contributed by atoms with Gasteiger partial charge in [0, 0.05) is 19.1 Å². The fourth-order valence-electron chi connectivity index (χ4n) is 3.00. The summed E-state index contributed by atoms with van der Waals surface area (Å²) >= 11 is 3.24. The number of nitrogens with zero attached hydrogens (tertiary/aromatic N) is 4. The highest BCUT2D eigenvalue weighted by molar-refractivity contribution is 8.00. The largest absolute Gasteiger partial charge is 0.342 e. The number of thioether (sulfide) groups is 1. The molecule has 2 aromatic rings. The van der Waals surface area contributed by atoms with E-state index in [9.17, 15) is 4.79 Å². The highest BCUT2D eigenvalue weighted by Crippen LogP contribution is 2.42. The lowest BCUT2D eigenvalue weighted by molar-refractivity contribution is -0.129. The van der Waals surface area contributed by atoms with Gasteiger partial charge in [-0.3, -0.25) is 9.36 Å². The van der Waals surface area contributed by atoms with Crippen LogP contribution in [0, 0.1) is 0 Å². The van der Waals surface area contributed by atoms with Gasteiger partial charge in [-0.05, 0) is 44.1 Å². The second-order valence-electron chi connectivity index (χ2n) is 6.18. The summed E-state index contributed by atoms with van der Waals surface area (Å²) in [6.07, 6.45) is 4.62. The molecule has 122 valence electrons. The number of hydrogen-bond donors (Lipinski definition) is 0. The highest BCUT2D eigenvalue weighted by Gasteiger charge is 2.32. The third-order valence-electron chi connectivity index (χ3n) is 4.37. The number of carbonyl (C=O) groups excluding carboxylic acids is 1. The summed E-state index contributed by atoms with van der Waals surface area (Å²) in [5.74, 6) is 1.18. The van der Waals surface area contributed by atoms with Crippen LogP contribution in [0.2, 0.25) is 0 Å². The van der Waals surface area contributed by atoms with E-state index in [1.807, 2.05) is 17.9 Å². The number of amides is 1. The van der Waals surface area contributed by atoms with Crippen molar-refractivity contribution in [2.75, 3.05) is 13.1 Å². The third kappa shape index (κ3) is 3.04. The maximum atomic E-state index is 12.5. The Morgan fingerprint density at radius 1 is 1.35 bits per heavy atom. The van der Waals surface area contributed by atoms with E-state index in [0.29, 0.717) is 6.04 Å². The van der Waals surface area contributed by atoms with Crippen LogP contribution < -0.4 is 0 Å². The quantitative estimate of drug-likeness (QED) is 0.777. The van der Waals surface area contributed by atoms with Gasteiger partial charge >= 0.3 is 0 Å². The van der Waals surface area contributed by atoms with E-state index in [0.717, 1.165) is 41.8 Å². The van der Waals surface area contributed by atoms with Gasteiger partial charge in [0.15, 0.2) is 11.0 Å². The van der Waals surface area contributed by atoms with Crippen molar-refractivity contribution in [3.8, 4) is 10.7 Å². The lowest BCUT2D eigenvalue weighted by Crippen LogP contribution is -2.34. The van der Waals surface area contributed by atoms with Gasteiger partial charge in [-0.25, -0.2) is 0 Å². The molecular formula is C16H20N4OS2. The maximum absolute atomic E-state index is 12.5. The Morgan fingerprint density at radius 3 is 2.78 bits per heavy atom. The Kier molecular flexibility index (Phi) is 4.15. The molecule has 1 aliphatic heterocycles. The van der Waals surface area contributed by atoms with Crippen LogP contribution in [0.5, 0.6) is 0 Å². The van der Waals surface area contributed by atoms with Crippen LogP contribution in [-0.4, -0.2) is 43.9 Å². The van der Waals surface area contributed by atoms with E-state index in [2.05, 4.69) is 26.2 Å². The van der Waals surface area contributed by atoms with Gasteiger partial charge in [0.25, 0.3) is 0 Å². The Hall–Kier alpha value is -1.34. The molecule has 2 fully saturated rings. The summed E-state index contributed by atoms with van der Waals surface area (Å²) in [4.78, 5) is 15.7. The van der Waals surface area contributed by atoms with Gasteiger partial charge in [-0.2, -0.15) is 0 Å². The van der Waals surface area contributed by atoms with E-state index in [1.54, 1.807) is 23.1 Å². The molecule has 0 unspecified atom stereocenters. The molecule has 0 spiro atoms. The molecule has 0 N–H and O–H groups in total. The monoisotopic (exact) mass is 348 g/mol. The Morgan fingerprint density at radius 2 is 2.13 bits per heavy atom. The number of aromatic nitrogens is 3. The molecule has 1 atom stereocenters. The summed E-state index contributed by atoms with van der Waals surface area (Å²) in [5.41, 5.74) is 0. The SMILES string of the molecule is C[C@H](Sc1nnc(-c2cccs2)n1C1CC1)C(=O)N1CCCC1. The molecular weight excluding hydrogens is 328 g/mol. The average molecular weight is 348 g/mol. The van der Waals surface area contributed by atoms with E-state index in [1.165, 1.54) is 12.8 Å². The van der Waals surface area contributed by atoms with Crippen LogP contribution in [-0.2, 0) is 4.79 Å². The lowest BCUT2D eigenvalue weighted by Gasteiger charge is -2.19. The maximum Gasteiger partial charge on any atom is 0.235 e. The van der Waals surface area contributed by atoms with Crippen LogP contribution in [0.25, 0.3) is 10.7 Å². The first kappa shape index (κ1) is 15.2. The van der Waals surface area contributed by atoms with Gasteiger partial charge in [0.05, 0.1) is 10.1 Å². The lowest BCUT2D eigenvalue weighted by atomic mass is 10.4. The molecule has 0 radical (unpaired) electrons. The molecule has 1 aliphatic carbocycles. The number of likely N-dealkylation sites (tertiary alicyclic amines) is 1. The number of thiophene rings is 1. The molecule has 2 aliphatic rings. The Labute approximate surface area is 144 Å². The second-order valence-corrected chi connectivity index (χ2v) is 8.43. The summed E-state index contributed by atoms with van der Waals surface area (Å²) in [6, 6.07) is 4.62. The first-order chi connectivity index (χ1) is 11.2. The zero-order valence-electron chi connectivity index (χ0n) is 13.1. The topological polar surface area (TPSA) is 51.0 Å². The second kappa shape index (κ2) is 6.28. The zero-order chi connectivity index (χ0) is 15.8. The van der Waals surface area contributed by atoms with Crippen LogP contribution in [0.1, 0.15) is 38.6 Å². The molecule has 5 nitrogen and oxygen atoms in total. The number of carbonyl (C=O) groups is 1. The van der Waals surface area contributed by atoms with Crippen molar-refractivity contribution in [1.82, 2.24) is 19.7 Å². The minimum atomic E-state index is -0.106. The van der Waals surface area contributed by atoms with Crippen LogP contribution in [0.4, 0.5) is 0 Å². The van der Waals surface area contributed by atoms with Crippen molar-refractivity contribution in [2.45, 2.75) is 49.1 Å². The van der Waals surface area contributed by atoms with Crippen molar-refractivity contribution in [2.24, 2.45) is 0 Å². The molecule has 1 amide bonds. The van der Waals surface area contributed by atoms with E-state index < -0.39 is 0 Å². The molecule has 1 saturated heterocycles. The van der Waals surface area contributed by atoms with Crippen molar-refractivity contribution in [1.29, 1.82) is 0 Å². The molecule has 0 aromatic carbocycles. The first-order valence-electron chi connectivity index (χ1n) is 8.18. The Balaban J connectivity index is 1.56. The summed E-state index contributed by atoms with van der Waals surface area (Å²) < 4.78 is 2.24. The predicted molar refractivity (Wildman–Crippen MR) is 92.7 cm³/mol. The molecule has 3 heterocycles. The fraction of sp³-hybridized carbons (Fsp3) is 0.562. The number of rotatable bonds is 5. The smallest absolute Gasteiger partial charge is 0.235 e. The van der Waals surface area contributed by atoms with Gasteiger partial charge in [-0.15, -0.1) is 21.5 Å². The normalized spacial score (nSPS) is 19.3. The van der Waals surface area contributed by atoms with Gasteiger partial charge in [-0.1, -0.05) is 17.8 Å². The van der Waals surface area contributed by atoms with Crippen LogP contribution in [0.3, 0.4) is 0 Å². The molecule has 1 saturated carbocycles. The zero-order valence-corrected chi connectivity index (χ0v) is 14.8. The highest BCUT2D eigenvalue weighted by atomic mass is 32.2. The van der Waals surface area contributed by atoms with Gasteiger partial charge < -0.3 is 4.90 Å². The van der Waals surface area contributed by atoms with Crippen LogP contribution >= 0.6 is 23.1 Å². The van der Waals surface area contributed by atoms with Gasteiger partial charge in [0.1, 0.15) is 0 Å². The minimum Gasteiger partial charge on any atom is -0.342 e. The summed E-state index contributed by atoms with van der Waals surface area (Å²) in [7, 11) is 0. The minimum absolute atomic E-state index is 0.106. The summed E-state index contributed by atoms with van der Waals surface area (Å²) in [6.45, 7) is 3.79. The van der Waals surface area contributed by atoms with E-state index in [-0.39, 0.29) is 11.2 Å². The molecule has 23 heavy (non-hydrogen) atoms. The van der Waals surface area contributed by atoms with Crippen molar-refractivity contribution >= 4 is 29.0 Å².